The lowest BCUT2D eigenvalue weighted by Crippen LogP contribution is -2.52. The quantitative estimate of drug-likeness (QED) is 0.0713. The highest BCUT2D eigenvalue weighted by molar-refractivity contribution is 7.92. The lowest BCUT2D eigenvalue weighted by molar-refractivity contribution is -0.128. The Morgan fingerprint density at radius 2 is 1.68 bits per heavy atom. The van der Waals surface area contributed by atoms with Gasteiger partial charge in [0.05, 0.1) is 44.9 Å². The number of carbonyl (C=O) groups excluding carboxylic acids is 4. The number of para-hydroxylation sites is 1. The van der Waals surface area contributed by atoms with Crippen LogP contribution in [0.1, 0.15) is 98.1 Å². The van der Waals surface area contributed by atoms with E-state index in [1.807, 2.05) is 26.8 Å². The maximum Gasteiger partial charge on any atom is 0.262 e. The number of anilines is 5. The monoisotopic (exact) mass is 898 g/mol. The number of likely N-dealkylation sites (tertiary alicyclic amines) is 1. The fraction of sp³-hybridized carbons (Fsp3) is 0.435. The first-order valence-electron chi connectivity index (χ1n) is 21.5. The van der Waals surface area contributed by atoms with Gasteiger partial charge in [0, 0.05) is 31.2 Å². The van der Waals surface area contributed by atoms with E-state index in [0.717, 1.165) is 61.7 Å². The van der Waals surface area contributed by atoms with Crippen molar-refractivity contribution in [2.45, 2.75) is 95.4 Å². The molecule has 0 spiro atoms. The summed E-state index contributed by atoms with van der Waals surface area (Å²) in [4.78, 5) is 65.1. The van der Waals surface area contributed by atoms with Crippen LogP contribution in [0, 0.1) is 12.8 Å². The van der Waals surface area contributed by atoms with E-state index >= 15 is 0 Å². The van der Waals surface area contributed by atoms with E-state index in [9.17, 15) is 27.6 Å². The summed E-state index contributed by atoms with van der Waals surface area (Å²) in [6.07, 6.45) is 4.45. The van der Waals surface area contributed by atoms with Crippen LogP contribution in [0.2, 0.25) is 5.02 Å². The van der Waals surface area contributed by atoms with Gasteiger partial charge in [-0.05, 0) is 126 Å². The van der Waals surface area contributed by atoms with Crippen molar-refractivity contribution in [3.05, 3.63) is 88.1 Å². The number of hydrogen-bond acceptors (Lipinski definition) is 13. The van der Waals surface area contributed by atoms with Gasteiger partial charge in [-0.1, -0.05) is 37.1 Å². The molecule has 1 aromatic heterocycles. The van der Waals surface area contributed by atoms with Crippen molar-refractivity contribution in [1.29, 1.82) is 0 Å². The number of halogens is 1. The fourth-order valence-corrected chi connectivity index (χ4v) is 9.99. The zero-order valence-electron chi connectivity index (χ0n) is 36.5. The Hall–Kier alpha value is -5.58. The molecule has 0 radical (unpaired) electrons. The number of rotatable bonds is 17. The van der Waals surface area contributed by atoms with Gasteiger partial charge in [0.15, 0.2) is 15.7 Å². The average Bonchev–Trinajstić information content (AvgIpc) is 3.48. The van der Waals surface area contributed by atoms with Crippen molar-refractivity contribution >= 4 is 74.4 Å². The summed E-state index contributed by atoms with van der Waals surface area (Å²) >= 11 is 6.52. The predicted molar refractivity (Wildman–Crippen MR) is 243 cm³/mol. The number of carbonyl (C=O) groups is 4. The molecule has 334 valence electrons. The van der Waals surface area contributed by atoms with Crippen molar-refractivity contribution < 1.29 is 32.3 Å². The Bertz CT molecular complexity index is 2500. The van der Waals surface area contributed by atoms with Crippen LogP contribution in [0.15, 0.2) is 65.7 Å². The minimum absolute atomic E-state index is 0.0946. The summed E-state index contributed by atoms with van der Waals surface area (Å²) in [5.74, 6) is 0.304. The molecule has 2 saturated heterocycles. The van der Waals surface area contributed by atoms with E-state index in [0.29, 0.717) is 35.4 Å². The molecular formula is C46H55ClN8O7S. The van der Waals surface area contributed by atoms with E-state index < -0.39 is 38.9 Å². The van der Waals surface area contributed by atoms with Gasteiger partial charge in [-0.15, -0.1) is 0 Å². The number of fused-ring (bicyclic) bond motifs is 1. The Labute approximate surface area is 373 Å². The molecule has 0 saturated carbocycles. The van der Waals surface area contributed by atoms with Crippen LogP contribution < -0.4 is 25.6 Å². The average molecular weight is 900 g/mol. The van der Waals surface area contributed by atoms with Crippen molar-refractivity contribution in [1.82, 2.24) is 25.1 Å². The highest BCUT2D eigenvalue weighted by atomic mass is 35.5. The molecule has 3 aliphatic rings. The standard InChI is InChI=1S/C46H55ClN8O7S/c1-7-10-39(43(57)49-26-56)55-44(58)33-14-13-32(20-35(33)45(55)59)54-24-30(25-54)23-53-17-15-31(16-18-53)34-21-40(62-27(2)3)38(19-29(34)6)51-46-48-22-36(47)42(52-46)50-37-11-8-9-12-41(37)63(60,61)28(4)5/h8-9,11-14,19-22,26-28,30-31,39H,7,10,15-18,23-25H2,1-6H3,(H,49,56,57)(H2,48,50,51,52). The maximum atomic E-state index is 13.4. The topological polar surface area (TPSA) is 183 Å². The molecule has 2 fully saturated rings. The first-order chi connectivity index (χ1) is 30.1. The molecule has 0 bridgehead atoms. The van der Waals surface area contributed by atoms with Gasteiger partial charge < -0.3 is 25.2 Å². The van der Waals surface area contributed by atoms with Crippen LogP contribution in [0.4, 0.5) is 28.8 Å². The van der Waals surface area contributed by atoms with Gasteiger partial charge in [0.1, 0.15) is 16.8 Å². The number of nitrogens with zero attached hydrogens (tertiary/aromatic N) is 5. The Morgan fingerprint density at radius 1 is 0.968 bits per heavy atom. The molecule has 3 N–H and O–H groups in total. The van der Waals surface area contributed by atoms with E-state index in [4.69, 9.17) is 16.3 Å². The van der Waals surface area contributed by atoms with Crippen molar-refractivity contribution in [2.24, 2.45) is 5.92 Å². The number of nitrogens with one attached hydrogen (secondary N) is 3. The van der Waals surface area contributed by atoms with Crippen LogP contribution in [0.25, 0.3) is 0 Å². The van der Waals surface area contributed by atoms with E-state index in [-0.39, 0.29) is 51.7 Å². The highest BCUT2D eigenvalue weighted by Crippen LogP contribution is 2.40. The third-order valence-electron chi connectivity index (χ3n) is 11.9. The summed E-state index contributed by atoms with van der Waals surface area (Å²) in [6, 6.07) is 15.1. The molecule has 0 aliphatic carbocycles. The second-order valence-corrected chi connectivity index (χ2v) is 20.0. The van der Waals surface area contributed by atoms with Gasteiger partial charge in [-0.25, -0.2) is 13.4 Å². The smallest absolute Gasteiger partial charge is 0.262 e. The zero-order chi connectivity index (χ0) is 45.2. The van der Waals surface area contributed by atoms with Gasteiger partial charge in [-0.2, -0.15) is 4.98 Å². The third kappa shape index (κ3) is 9.67. The second kappa shape index (κ2) is 19.0. The number of sulfone groups is 1. The lowest BCUT2D eigenvalue weighted by atomic mass is 9.85. The Kier molecular flexibility index (Phi) is 13.7. The van der Waals surface area contributed by atoms with Crippen LogP contribution in [0.5, 0.6) is 5.75 Å². The van der Waals surface area contributed by atoms with Crippen molar-refractivity contribution in [3.8, 4) is 5.75 Å². The Balaban J connectivity index is 0.967. The van der Waals surface area contributed by atoms with E-state index in [1.54, 1.807) is 50.2 Å². The van der Waals surface area contributed by atoms with Crippen molar-refractivity contribution in [2.75, 3.05) is 48.3 Å². The van der Waals surface area contributed by atoms with Gasteiger partial charge in [0.2, 0.25) is 18.3 Å². The maximum absolute atomic E-state index is 13.4. The molecule has 3 aliphatic heterocycles. The molecule has 15 nitrogen and oxygen atoms in total. The Morgan fingerprint density at radius 3 is 2.37 bits per heavy atom. The summed E-state index contributed by atoms with van der Waals surface area (Å²) in [5, 5.41) is 8.16. The number of amides is 4. The number of aryl methyl sites for hydroxylation is 1. The number of imide groups is 2. The van der Waals surface area contributed by atoms with E-state index in [1.165, 1.54) is 11.8 Å². The number of piperidine rings is 1. The molecule has 7 rings (SSSR count). The number of benzene rings is 3. The summed E-state index contributed by atoms with van der Waals surface area (Å²) < 4.78 is 32.5. The zero-order valence-corrected chi connectivity index (χ0v) is 38.1. The first kappa shape index (κ1) is 45.4. The lowest BCUT2D eigenvalue weighted by Gasteiger charge is -2.44. The largest absolute Gasteiger partial charge is 0.489 e. The van der Waals surface area contributed by atoms with Crippen molar-refractivity contribution in [3.63, 3.8) is 0 Å². The molecule has 4 aromatic rings. The summed E-state index contributed by atoms with van der Waals surface area (Å²) in [5.41, 5.74) is 4.84. The summed E-state index contributed by atoms with van der Waals surface area (Å²) in [7, 11) is -3.58. The first-order valence-corrected chi connectivity index (χ1v) is 23.5. The van der Waals surface area contributed by atoms with Crippen LogP contribution in [0.3, 0.4) is 0 Å². The molecule has 4 amide bonds. The minimum Gasteiger partial charge on any atom is -0.489 e. The summed E-state index contributed by atoms with van der Waals surface area (Å²) in [6.45, 7) is 15.7. The van der Waals surface area contributed by atoms with Crippen LogP contribution in [-0.2, 0) is 19.4 Å². The minimum atomic E-state index is -3.58. The molecule has 63 heavy (non-hydrogen) atoms. The fourth-order valence-electron chi connectivity index (χ4n) is 8.65. The van der Waals surface area contributed by atoms with Crippen LogP contribution >= 0.6 is 11.6 Å². The molecule has 3 aromatic carbocycles. The molecule has 1 unspecified atom stereocenters. The SMILES string of the molecule is CCCC(C(=O)NC=O)N1C(=O)c2ccc(N3CC(CN4CCC(c5cc(OC(C)C)c(Nc6ncc(Cl)c(Nc7ccccc7S(=O)(=O)C(C)C)n6)cc5C)CC4)C3)cc2C1=O. The molecule has 1 atom stereocenters. The molecule has 17 heteroatoms. The number of hydrogen-bond donors (Lipinski definition) is 3. The predicted octanol–water partition coefficient (Wildman–Crippen LogP) is 7.25. The van der Waals surface area contributed by atoms with Crippen LogP contribution in [-0.4, -0.2) is 102 Å². The molecule has 4 heterocycles. The third-order valence-corrected chi connectivity index (χ3v) is 14.4. The second-order valence-electron chi connectivity index (χ2n) is 17.1. The number of aromatic nitrogens is 2. The van der Waals surface area contributed by atoms with Gasteiger partial charge >= 0.3 is 0 Å². The van der Waals surface area contributed by atoms with E-state index in [2.05, 4.69) is 54.8 Å². The van der Waals surface area contributed by atoms with Gasteiger partial charge in [-0.3, -0.25) is 29.4 Å². The highest BCUT2D eigenvalue weighted by Gasteiger charge is 2.43. The number of ether oxygens (including phenoxy) is 1. The molecular weight excluding hydrogens is 844 g/mol. The normalized spacial score (nSPS) is 16.6. The van der Waals surface area contributed by atoms with Gasteiger partial charge in [0.25, 0.3) is 11.8 Å².